The van der Waals surface area contributed by atoms with Crippen LogP contribution in [0.3, 0.4) is 0 Å². The molecule has 104 valence electrons. The number of halogens is 2. The van der Waals surface area contributed by atoms with Gasteiger partial charge in [0.25, 0.3) is 5.69 Å². The molecular formula is C14H12BrFN2O2. The van der Waals surface area contributed by atoms with Crippen LogP contribution in [0.4, 0.5) is 15.8 Å². The second-order valence-corrected chi connectivity index (χ2v) is 5.14. The normalized spacial score (nSPS) is 10.3. The lowest BCUT2D eigenvalue weighted by molar-refractivity contribution is -0.384. The molecule has 0 aromatic heterocycles. The van der Waals surface area contributed by atoms with Gasteiger partial charge in [0.05, 0.1) is 10.6 Å². The average Bonchev–Trinajstić information content (AvgIpc) is 2.42. The average molecular weight is 339 g/mol. The summed E-state index contributed by atoms with van der Waals surface area (Å²) in [5, 5.41) is 13.5. The van der Waals surface area contributed by atoms with E-state index < -0.39 is 4.92 Å². The quantitative estimate of drug-likeness (QED) is 0.658. The molecule has 0 spiro atoms. The van der Waals surface area contributed by atoms with Crippen molar-refractivity contribution in [3.63, 3.8) is 0 Å². The number of nitro groups is 1. The topological polar surface area (TPSA) is 55.2 Å². The van der Waals surface area contributed by atoms with Crippen LogP contribution in [0.1, 0.15) is 5.56 Å². The number of nitrogens with zero attached hydrogens (tertiary/aromatic N) is 1. The molecule has 0 heterocycles. The highest BCUT2D eigenvalue weighted by Crippen LogP contribution is 2.19. The Morgan fingerprint density at radius 3 is 2.50 bits per heavy atom. The van der Waals surface area contributed by atoms with E-state index in [9.17, 15) is 14.5 Å². The number of hydrogen-bond donors (Lipinski definition) is 1. The second-order valence-electron chi connectivity index (χ2n) is 4.22. The highest BCUT2D eigenvalue weighted by atomic mass is 79.9. The van der Waals surface area contributed by atoms with Gasteiger partial charge in [-0.15, -0.1) is 0 Å². The molecule has 0 bridgehead atoms. The first-order valence-electron chi connectivity index (χ1n) is 5.98. The van der Waals surface area contributed by atoms with Gasteiger partial charge in [-0.05, 0) is 30.2 Å². The molecule has 0 fully saturated rings. The van der Waals surface area contributed by atoms with Crippen LogP contribution < -0.4 is 5.32 Å². The molecule has 0 radical (unpaired) electrons. The second kappa shape index (κ2) is 6.47. The highest BCUT2D eigenvalue weighted by molar-refractivity contribution is 9.10. The van der Waals surface area contributed by atoms with Crippen LogP contribution in [-0.2, 0) is 6.42 Å². The van der Waals surface area contributed by atoms with Crippen LogP contribution >= 0.6 is 15.9 Å². The summed E-state index contributed by atoms with van der Waals surface area (Å²) >= 11 is 3.20. The van der Waals surface area contributed by atoms with E-state index in [0.29, 0.717) is 23.1 Å². The van der Waals surface area contributed by atoms with Crippen LogP contribution in [0.15, 0.2) is 46.9 Å². The lowest BCUT2D eigenvalue weighted by Gasteiger charge is -2.07. The molecule has 2 rings (SSSR count). The minimum absolute atomic E-state index is 0.0701. The molecule has 20 heavy (non-hydrogen) atoms. The van der Waals surface area contributed by atoms with E-state index in [1.165, 1.54) is 18.2 Å². The van der Waals surface area contributed by atoms with Gasteiger partial charge in [-0.25, -0.2) is 4.39 Å². The van der Waals surface area contributed by atoms with Gasteiger partial charge in [0.2, 0.25) is 0 Å². The summed E-state index contributed by atoms with van der Waals surface area (Å²) in [6, 6.07) is 11.2. The fraction of sp³-hybridized carbons (Fsp3) is 0.143. The lowest BCUT2D eigenvalue weighted by Crippen LogP contribution is -2.06. The molecule has 2 aromatic carbocycles. The Bertz CT molecular complexity index is 617. The Labute approximate surface area is 123 Å². The number of benzene rings is 2. The van der Waals surface area contributed by atoms with Crippen molar-refractivity contribution >= 4 is 27.3 Å². The van der Waals surface area contributed by atoms with Crippen molar-refractivity contribution in [2.45, 2.75) is 6.42 Å². The molecule has 0 saturated heterocycles. The van der Waals surface area contributed by atoms with Crippen molar-refractivity contribution < 1.29 is 9.31 Å². The maximum atomic E-state index is 13.6. The number of nitrogens with one attached hydrogen (secondary N) is 1. The first-order chi connectivity index (χ1) is 9.56. The zero-order valence-electron chi connectivity index (χ0n) is 10.5. The van der Waals surface area contributed by atoms with Gasteiger partial charge >= 0.3 is 0 Å². The predicted octanol–water partition coefficient (Wildman–Crippen LogP) is 4.15. The van der Waals surface area contributed by atoms with E-state index in [1.54, 1.807) is 24.3 Å². The van der Waals surface area contributed by atoms with E-state index in [2.05, 4.69) is 21.2 Å². The smallest absolute Gasteiger partial charge is 0.269 e. The van der Waals surface area contributed by atoms with Gasteiger partial charge in [-0.1, -0.05) is 28.1 Å². The summed E-state index contributed by atoms with van der Waals surface area (Å²) in [6.07, 6.45) is 0.660. The van der Waals surface area contributed by atoms with Crippen molar-refractivity contribution in [1.29, 1.82) is 0 Å². The standard InChI is InChI=1S/C14H12BrFN2O2/c15-11-3-6-14(13(16)9-11)17-8-7-10-1-4-12(5-2-10)18(19)20/h1-6,9,17H,7-8H2. The van der Waals surface area contributed by atoms with Crippen LogP contribution in [-0.4, -0.2) is 11.5 Å². The summed E-state index contributed by atoms with van der Waals surface area (Å²) in [7, 11) is 0. The Morgan fingerprint density at radius 1 is 1.20 bits per heavy atom. The van der Waals surface area contributed by atoms with Crippen LogP contribution in [0.5, 0.6) is 0 Å². The van der Waals surface area contributed by atoms with E-state index in [-0.39, 0.29) is 11.5 Å². The molecular weight excluding hydrogens is 327 g/mol. The number of nitro benzene ring substituents is 1. The lowest BCUT2D eigenvalue weighted by atomic mass is 10.1. The van der Waals surface area contributed by atoms with E-state index in [0.717, 1.165) is 5.56 Å². The number of hydrogen-bond acceptors (Lipinski definition) is 3. The molecule has 6 heteroatoms. The van der Waals surface area contributed by atoms with Gasteiger partial charge in [0, 0.05) is 23.2 Å². The molecule has 4 nitrogen and oxygen atoms in total. The Balaban J connectivity index is 1.91. The largest absolute Gasteiger partial charge is 0.382 e. The first kappa shape index (κ1) is 14.5. The predicted molar refractivity (Wildman–Crippen MR) is 79.4 cm³/mol. The van der Waals surface area contributed by atoms with Crippen molar-refractivity contribution in [2.24, 2.45) is 0 Å². The van der Waals surface area contributed by atoms with E-state index in [1.807, 2.05) is 0 Å². The molecule has 0 atom stereocenters. The summed E-state index contributed by atoms with van der Waals surface area (Å²) < 4.78 is 14.2. The third-order valence-electron chi connectivity index (χ3n) is 2.81. The van der Waals surface area contributed by atoms with Crippen molar-refractivity contribution in [3.05, 3.63) is 68.4 Å². The van der Waals surface area contributed by atoms with Gasteiger partial charge in [0.1, 0.15) is 5.82 Å². The molecule has 0 aliphatic rings. The zero-order valence-corrected chi connectivity index (χ0v) is 12.1. The number of rotatable bonds is 5. The maximum absolute atomic E-state index is 13.6. The maximum Gasteiger partial charge on any atom is 0.269 e. The van der Waals surface area contributed by atoms with E-state index in [4.69, 9.17) is 0 Å². The SMILES string of the molecule is O=[N+]([O-])c1ccc(CCNc2ccc(Br)cc2F)cc1. The van der Waals surface area contributed by atoms with Gasteiger partial charge in [-0.2, -0.15) is 0 Å². The van der Waals surface area contributed by atoms with Crippen molar-refractivity contribution in [2.75, 3.05) is 11.9 Å². The molecule has 2 aromatic rings. The monoisotopic (exact) mass is 338 g/mol. The fourth-order valence-corrected chi connectivity index (χ4v) is 2.09. The minimum Gasteiger partial charge on any atom is -0.382 e. The van der Waals surface area contributed by atoms with Crippen LogP contribution in [0.25, 0.3) is 0 Å². The van der Waals surface area contributed by atoms with Gasteiger partial charge < -0.3 is 5.32 Å². The number of non-ortho nitro benzene ring substituents is 1. The summed E-state index contributed by atoms with van der Waals surface area (Å²) in [5.41, 5.74) is 1.47. The van der Waals surface area contributed by atoms with Gasteiger partial charge in [-0.3, -0.25) is 10.1 Å². The summed E-state index contributed by atoms with van der Waals surface area (Å²) in [6.45, 7) is 0.552. The molecule has 0 aliphatic carbocycles. The van der Waals surface area contributed by atoms with Crippen molar-refractivity contribution in [3.8, 4) is 0 Å². The molecule has 1 N–H and O–H groups in total. The third kappa shape index (κ3) is 3.77. The third-order valence-corrected chi connectivity index (χ3v) is 3.30. The van der Waals surface area contributed by atoms with Crippen molar-refractivity contribution in [1.82, 2.24) is 0 Å². The fourth-order valence-electron chi connectivity index (χ4n) is 1.76. The number of anilines is 1. The molecule has 0 unspecified atom stereocenters. The Morgan fingerprint density at radius 2 is 1.90 bits per heavy atom. The summed E-state index contributed by atoms with van der Waals surface area (Å²) in [4.78, 5) is 10.1. The van der Waals surface area contributed by atoms with Crippen LogP contribution in [0.2, 0.25) is 0 Å². The molecule has 0 saturated carbocycles. The minimum atomic E-state index is -0.431. The Kier molecular flexibility index (Phi) is 4.68. The molecule has 0 amide bonds. The first-order valence-corrected chi connectivity index (χ1v) is 6.78. The summed E-state index contributed by atoms with van der Waals surface area (Å²) in [5.74, 6) is -0.317. The zero-order chi connectivity index (χ0) is 14.5. The Hall–Kier alpha value is -1.95. The highest BCUT2D eigenvalue weighted by Gasteiger charge is 2.05. The van der Waals surface area contributed by atoms with E-state index >= 15 is 0 Å². The molecule has 0 aliphatic heterocycles. The van der Waals surface area contributed by atoms with Crippen LogP contribution in [0, 0.1) is 15.9 Å². The van der Waals surface area contributed by atoms with Gasteiger partial charge in [0.15, 0.2) is 0 Å².